The van der Waals surface area contributed by atoms with Crippen LogP contribution in [0.2, 0.25) is 0 Å². The van der Waals surface area contributed by atoms with Gasteiger partial charge in [-0.3, -0.25) is 0 Å². The first-order valence-corrected chi connectivity index (χ1v) is 5.83. The van der Waals surface area contributed by atoms with E-state index in [-0.39, 0.29) is 6.61 Å². The van der Waals surface area contributed by atoms with Crippen LogP contribution in [0.15, 0.2) is 33.3 Å². The molecule has 1 aromatic heterocycles. The fraction of sp³-hybridized carbons (Fsp3) is 0.250. The van der Waals surface area contributed by atoms with Gasteiger partial charge in [0.05, 0.1) is 6.61 Å². The van der Waals surface area contributed by atoms with Crippen molar-refractivity contribution in [1.82, 2.24) is 5.16 Å². The zero-order valence-electron chi connectivity index (χ0n) is 8.90. The normalized spacial score (nSPS) is 10.7. The van der Waals surface area contributed by atoms with Crippen molar-refractivity contribution in [3.63, 3.8) is 0 Å². The van der Waals surface area contributed by atoms with Gasteiger partial charge in [-0.25, -0.2) is 0 Å². The third kappa shape index (κ3) is 2.33. The molecule has 0 aliphatic carbocycles. The first kappa shape index (κ1) is 11.4. The van der Waals surface area contributed by atoms with Crippen molar-refractivity contribution in [3.8, 4) is 11.3 Å². The summed E-state index contributed by atoms with van der Waals surface area (Å²) < 4.78 is 6.16. The SMILES string of the molecule is Cc1ccc(-c2cc(CCO)on2)cc1Br. The van der Waals surface area contributed by atoms with Crippen LogP contribution in [0, 0.1) is 6.92 Å². The highest BCUT2D eigenvalue weighted by atomic mass is 79.9. The minimum Gasteiger partial charge on any atom is -0.396 e. The van der Waals surface area contributed by atoms with Crippen molar-refractivity contribution in [2.45, 2.75) is 13.3 Å². The maximum Gasteiger partial charge on any atom is 0.139 e. The first-order valence-electron chi connectivity index (χ1n) is 5.03. The van der Waals surface area contributed by atoms with Crippen LogP contribution in [0.1, 0.15) is 11.3 Å². The van der Waals surface area contributed by atoms with E-state index < -0.39 is 0 Å². The molecule has 1 aromatic carbocycles. The lowest BCUT2D eigenvalue weighted by Gasteiger charge is -1.99. The van der Waals surface area contributed by atoms with Crippen LogP contribution in [0.25, 0.3) is 11.3 Å². The molecule has 0 spiro atoms. The Morgan fingerprint density at radius 1 is 1.38 bits per heavy atom. The van der Waals surface area contributed by atoms with Crippen molar-refractivity contribution in [2.75, 3.05) is 6.61 Å². The molecule has 1 heterocycles. The molecule has 0 unspecified atom stereocenters. The van der Waals surface area contributed by atoms with E-state index in [1.54, 1.807) is 0 Å². The number of aliphatic hydroxyl groups is 1. The molecule has 0 radical (unpaired) electrons. The van der Waals surface area contributed by atoms with E-state index in [0.717, 1.165) is 15.7 Å². The standard InChI is InChI=1S/C12H12BrNO2/c1-8-2-3-9(6-11(8)13)12-7-10(4-5-15)16-14-12/h2-3,6-7,15H,4-5H2,1H3. The second-order valence-electron chi connectivity index (χ2n) is 3.62. The second kappa shape index (κ2) is 4.80. The van der Waals surface area contributed by atoms with Crippen molar-refractivity contribution < 1.29 is 9.63 Å². The Bertz CT molecular complexity index is 494. The maximum atomic E-state index is 8.78. The van der Waals surface area contributed by atoms with Gasteiger partial charge in [-0.15, -0.1) is 0 Å². The van der Waals surface area contributed by atoms with Gasteiger partial charge in [0.25, 0.3) is 0 Å². The minimum atomic E-state index is 0.0756. The van der Waals surface area contributed by atoms with Crippen LogP contribution in [-0.4, -0.2) is 16.9 Å². The Morgan fingerprint density at radius 3 is 2.88 bits per heavy atom. The molecular formula is C12H12BrNO2. The Morgan fingerprint density at radius 2 is 2.19 bits per heavy atom. The van der Waals surface area contributed by atoms with Gasteiger partial charge in [0.1, 0.15) is 11.5 Å². The molecule has 0 fully saturated rings. The summed E-state index contributed by atoms with van der Waals surface area (Å²) in [7, 11) is 0. The maximum absolute atomic E-state index is 8.78. The number of aromatic nitrogens is 1. The summed E-state index contributed by atoms with van der Waals surface area (Å²) in [6.07, 6.45) is 0.500. The largest absolute Gasteiger partial charge is 0.396 e. The smallest absolute Gasteiger partial charge is 0.139 e. The number of hydrogen-bond donors (Lipinski definition) is 1. The Hall–Kier alpha value is -1.13. The van der Waals surface area contributed by atoms with Gasteiger partial charge < -0.3 is 9.63 Å². The average molecular weight is 282 g/mol. The highest BCUT2D eigenvalue weighted by Gasteiger charge is 2.07. The molecule has 84 valence electrons. The fourth-order valence-corrected chi connectivity index (χ4v) is 1.81. The predicted octanol–water partition coefficient (Wildman–Crippen LogP) is 2.95. The third-order valence-electron chi connectivity index (χ3n) is 2.38. The van der Waals surface area contributed by atoms with E-state index in [9.17, 15) is 0 Å². The second-order valence-corrected chi connectivity index (χ2v) is 4.47. The molecule has 16 heavy (non-hydrogen) atoms. The number of benzene rings is 1. The molecule has 0 aliphatic rings. The average Bonchev–Trinajstić information content (AvgIpc) is 2.71. The van der Waals surface area contributed by atoms with Crippen LogP contribution >= 0.6 is 15.9 Å². The number of rotatable bonds is 3. The summed E-state index contributed by atoms with van der Waals surface area (Å²) in [5.74, 6) is 0.703. The Balaban J connectivity index is 2.31. The monoisotopic (exact) mass is 281 g/mol. The van der Waals surface area contributed by atoms with Gasteiger partial charge in [0, 0.05) is 22.5 Å². The minimum absolute atomic E-state index is 0.0756. The summed E-state index contributed by atoms with van der Waals surface area (Å²) in [6.45, 7) is 2.11. The first-order chi connectivity index (χ1) is 7.70. The van der Waals surface area contributed by atoms with Crippen LogP contribution in [0.3, 0.4) is 0 Å². The van der Waals surface area contributed by atoms with E-state index >= 15 is 0 Å². The van der Waals surface area contributed by atoms with Gasteiger partial charge in [0.2, 0.25) is 0 Å². The van der Waals surface area contributed by atoms with Crippen molar-refractivity contribution in [1.29, 1.82) is 0 Å². The summed E-state index contributed by atoms with van der Waals surface area (Å²) in [5.41, 5.74) is 2.98. The van der Waals surface area contributed by atoms with Crippen LogP contribution < -0.4 is 0 Å². The predicted molar refractivity (Wildman–Crippen MR) is 65.2 cm³/mol. The number of aryl methyl sites for hydroxylation is 1. The summed E-state index contributed by atoms with van der Waals surface area (Å²) in [4.78, 5) is 0. The molecule has 2 rings (SSSR count). The lowest BCUT2D eigenvalue weighted by Crippen LogP contribution is -1.86. The lowest BCUT2D eigenvalue weighted by atomic mass is 10.1. The van der Waals surface area contributed by atoms with Crippen LogP contribution in [-0.2, 0) is 6.42 Å². The molecule has 4 heteroatoms. The van der Waals surface area contributed by atoms with Crippen LogP contribution in [0.4, 0.5) is 0 Å². The van der Waals surface area contributed by atoms with Gasteiger partial charge >= 0.3 is 0 Å². The fourth-order valence-electron chi connectivity index (χ4n) is 1.43. The quantitative estimate of drug-likeness (QED) is 0.941. The number of halogens is 1. The van der Waals surface area contributed by atoms with Crippen LogP contribution in [0.5, 0.6) is 0 Å². The molecule has 2 aromatic rings. The Kier molecular flexibility index (Phi) is 3.41. The number of aliphatic hydroxyl groups excluding tert-OH is 1. The number of nitrogens with zero attached hydrogens (tertiary/aromatic N) is 1. The van der Waals surface area contributed by atoms with E-state index in [1.807, 2.05) is 31.2 Å². The van der Waals surface area contributed by atoms with E-state index in [4.69, 9.17) is 9.63 Å². The van der Waals surface area contributed by atoms with Crippen molar-refractivity contribution in [3.05, 3.63) is 40.1 Å². The molecule has 1 N–H and O–H groups in total. The summed E-state index contributed by atoms with van der Waals surface area (Å²) >= 11 is 3.48. The van der Waals surface area contributed by atoms with E-state index in [1.165, 1.54) is 5.56 Å². The topological polar surface area (TPSA) is 46.3 Å². The van der Waals surface area contributed by atoms with Crippen molar-refractivity contribution in [2.24, 2.45) is 0 Å². The highest BCUT2D eigenvalue weighted by Crippen LogP contribution is 2.25. The van der Waals surface area contributed by atoms with Gasteiger partial charge in [-0.1, -0.05) is 33.2 Å². The van der Waals surface area contributed by atoms with Gasteiger partial charge in [0.15, 0.2) is 0 Å². The molecule has 0 amide bonds. The molecule has 0 bridgehead atoms. The Labute approximate surface area is 102 Å². The molecule has 0 aliphatic heterocycles. The zero-order valence-corrected chi connectivity index (χ0v) is 10.5. The number of hydrogen-bond acceptors (Lipinski definition) is 3. The molecule has 3 nitrogen and oxygen atoms in total. The zero-order chi connectivity index (χ0) is 11.5. The molecule has 0 saturated heterocycles. The van der Waals surface area contributed by atoms with Gasteiger partial charge in [-0.05, 0) is 18.6 Å². The lowest BCUT2D eigenvalue weighted by molar-refractivity contribution is 0.277. The van der Waals surface area contributed by atoms with Gasteiger partial charge in [-0.2, -0.15) is 0 Å². The summed E-state index contributed by atoms with van der Waals surface area (Å²) in [6, 6.07) is 7.89. The van der Waals surface area contributed by atoms with E-state index in [0.29, 0.717) is 12.2 Å². The molecular weight excluding hydrogens is 270 g/mol. The van der Waals surface area contributed by atoms with E-state index in [2.05, 4.69) is 21.1 Å². The summed E-state index contributed by atoms with van der Waals surface area (Å²) in [5, 5.41) is 12.8. The third-order valence-corrected chi connectivity index (χ3v) is 3.24. The highest BCUT2D eigenvalue weighted by molar-refractivity contribution is 9.10. The van der Waals surface area contributed by atoms with Crippen molar-refractivity contribution >= 4 is 15.9 Å². The molecule has 0 atom stereocenters. The molecule has 0 saturated carbocycles.